The molecule has 5 nitrogen and oxygen atoms in total. The van der Waals surface area contributed by atoms with Gasteiger partial charge >= 0.3 is 0 Å². The Kier molecular flexibility index (Phi) is 5.62. The van der Waals surface area contributed by atoms with E-state index in [1.54, 1.807) is 19.1 Å². The zero-order chi connectivity index (χ0) is 22.2. The summed E-state index contributed by atoms with van der Waals surface area (Å²) in [6.07, 6.45) is 4.72. The van der Waals surface area contributed by atoms with Gasteiger partial charge in [0.25, 0.3) is 0 Å². The Bertz CT molecular complexity index is 1230. The quantitative estimate of drug-likeness (QED) is 0.671. The van der Waals surface area contributed by atoms with E-state index in [0.717, 1.165) is 34.1 Å². The second-order valence-electron chi connectivity index (χ2n) is 7.76. The van der Waals surface area contributed by atoms with E-state index in [2.05, 4.69) is 0 Å². The third-order valence-corrected chi connectivity index (χ3v) is 7.29. The van der Waals surface area contributed by atoms with Gasteiger partial charge in [-0.1, -0.05) is 19.1 Å². The molecule has 2 aliphatic rings. The molecule has 1 unspecified atom stereocenters. The van der Waals surface area contributed by atoms with Gasteiger partial charge in [-0.25, -0.2) is 12.8 Å². The number of halogens is 1. The van der Waals surface area contributed by atoms with E-state index in [-0.39, 0.29) is 23.4 Å². The summed E-state index contributed by atoms with van der Waals surface area (Å²) in [5, 5.41) is 0. The van der Waals surface area contributed by atoms with Crippen LogP contribution in [0.1, 0.15) is 29.2 Å². The molecule has 0 aliphatic carbocycles. The molecule has 0 N–H and O–H groups in total. The fourth-order valence-corrected chi connectivity index (χ4v) is 4.77. The highest BCUT2D eigenvalue weighted by molar-refractivity contribution is 7.90. The topological polar surface area (TPSA) is 66.8 Å². The minimum atomic E-state index is -3.20. The number of sulfone groups is 1. The molecule has 31 heavy (non-hydrogen) atoms. The Morgan fingerprint density at radius 2 is 1.90 bits per heavy atom. The van der Waals surface area contributed by atoms with Crippen molar-refractivity contribution in [3.63, 3.8) is 0 Å². The first kappa shape index (κ1) is 21.2. The zero-order valence-electron chi connectivity index (χ0n) is 17.4. The molecule has 2 aromatic rings. The number of hydrogen-bond acceptors (Lipinski definition) is 5. The summed E-state index contributed by atoms with van der Waals surface area (Å²) in [7, 11) is -1.36. The van der Waals surface area contributed by atoms with E-state index in [9.17, 15) is 17.6 Å². The van der Waals surface area contributed by atoms with Crippen molar-refractivity contribution < 1.29 is 17.6 Å². The SMILES string of the molecule is CCS(=O)(=O)Cc1ccc2c(c1)C(c1ccc(F)cc1)=NCC1=CC(C=O)N(C)C=C12. The van der Waals surface area contributed by atoms with Crippen LogP contribution in [0.5, 0.6) is 0 Å². The first-order valence-corrected chi connectivity index (χ1v) is 11.9. The van der Waals surface area contributed by atoms with Gasteiger partial charge < -0.3 is 9.69 Å². The van der Waals surface area contributed by atoms with Gasteiger partial charge in [0.1, 0.15) is 18.1 Å². The average molecular weight is 439 g/mol. The molecule has 0 radical (unpaired) electrons. The van der Waals surface area contributed by atoms with Crippen molar-refractivity contribution in [1.29, 1.82) is 0 Å². The molecule has 0 spiro atoms. The van der Waals surface area contributed by atoms with E-state index in [1.165, 1.54) is 12.1 Å². The lowest BCUT2D eigenvalue weighted by molar-refractivity contribution is -0.110. The van der Waals surface area contributed by atoms with Crippen LogP contribution in [-0.2, 0) is 20.4 Å². The molecule has 0 amide bonds. The molecule has 2 aliphatic heterocycles. The predicted octanol–water partition coefficient (Wildman–Crippen LogP) is 3.39. The molecule has 0 fully saturated rings. The Hall–Kier alpha value is -3.06. The molecule has 0 saturated carbocycles. The Balaban J connectivity index is 1.91. The molecule has 4 rings (SSSR count). The van der Waals surface area contributed by atoms with E-state index >= 15 is 0 Å². The third kappa shape index (κ3) is 4.23. The number of hydrogen-bond donors (Lipinski definition) is 0. The van der Waals surface area contributed by atoms with Crippen molar-refractivity contribution in [2.24, 2.45) is 4.99 Å². The summed E-state index contributed by atoms with van der Waals surface area (Å²) in [5.41, 5.74) is 5.68. The first-order chi connectivity index (χ1) is 14.8. The molecule has 7 heteroatoms. The third-order valence-electron chi connectivity index (χ3n) is 5.64. The second kappa shape index (κ2) is 8.23. The number of fused-ring (bicyclic) bond motifs is 3. The van der Waals surface area contributed by atoms with Gasteiger partial charge in [0.2, 0.25) is 0 Å². The number of aliphatic imine (C=N–C) groups is 1. The molecule has 0 bridgehead atoms. The van der Waals surface area contributed by atoms with Gasteiger partial charge in [0.05, 0.1) is 18.0 Å². The summed E-state index contributed by atoms with van der Waals surface area (Å²) in [4.78, 5) is 18.1. The van der Waals surface area contributed by atoms with Crippen molar-refractivity contribution >= 4 is 27.4 Å². The predicted molar refractivity (Wildman–Crippen MR) is 120 cm³/mol. The fourth-order valence-electron chi connectivity index (χ4n) is 3.87. The van der Waals surface area contributed by atoms with Crippen LogP contribution >= 0.6 is 0 Å². The van der Waals surface area contributed by atoms with Gasteiger partial charge in [0.15, 0.2) is 9.84 Å². The van der Waals surface area contributed by atoms with E-state index in [1.807, 2.05) is 42.4 Å². The lowest BCUT2D eigenvalue weighted by atomic mass is 9.88. The number of rotatable bonds is 5. The monoisotopic (exact) mass is 438 g/mol. The smallest absolute Gasteiger partial charge is 0.154 e. The average Bonchev–Trinajstić information content (AvgIpc) is 2.90. The summed E-state index contributed by atoms with van der Waals surface area (Å²) in [6, 6.07) is 11.3. The van der Waals surface area contributed by atoms with Gasteiger partial charge in [-0.15, -0.1) is 0 Å². The number of aldehydes is 1. The molecular weight excluding hydrogens is 415 g/mol. The molecule has 1 atom stereocenters. The first-order valence-electron chi connectivity index (χ1n) is 10.1. The molecular formula is C24H23FN2O3S. The maximum absolute atomic E-state index is 13.5. The van der Waals surface area contributed by atoms with Crippen LogP contribution in [0.2, 0.25) is 0 Å². The molecule has 0 aromatic heterocycles. The van der Waals surface area contributed by atoms with Crippen molar-refractivity contribution in [3.05, 3.63) is 88.4 Å². The standard InChI is InChI=1S/C24H23FN2O3S/c1-3-31(29,30)15-16-4-9-21-22(10-16)24(17-5-7-19(25)8-6-17)26-12-18-11-20(14-28)27(2)13-23(18)21/h4-11,13-14,20H,3,12,15H2,1-2H3. The molecule has 2 aromatic carbocycles. The zero-order valence-corrected chi connectivity index (χ0v) is 18.2. The number of likely N-dealkylation sites (N-methyl/N-ethyl adjacent to an activating group) is 1. The lowest BCUT2D eigenvalue weighted by Gasteiger charge is -2.27. The van der Waals surface area contributed by atoms with Crippen LogP contribution < -0.4 is 0 Å². The summed E-state index contributed by atoms with van der Waals surface area (Å²) in [6.45, 7) is 2.00. The second-order valence-corrected chi connectivity index (χ2v) is 10.1. The van der Waals surface area contributed by atoms with Crippen LogP contribution in [-0.4, -0.2) is 50.7 Å². The van der Waals surface area contributed by atoms with Crippen LogP contribution in [0.15, 0.2) is 65.3 Å². The maximum Gasteiger partial charge on any atom is 0.154 e. The number of nitrogens with zero attached hydrogens (tertiary/aromatic N) is 2. The van der Waals surface area contributed by atoms with E-state index in [4.69, 9.17) is 4.99 Å². The van der Waals surface area contributed by atoms with Crippen LogP contribution in [0.4, 0.5) is 4.39 Å². The fraction of sp³-hybridized carbons (Fsp3) is 0.250. The van der Waals surface area contributed by atoms with Crippen molar-refractivity contribution in [2.75, 3.05) is 19.3 Å². The van der Waals surface area contributed by atoms with E-state index in [0.29, 0.717) is 17.8 Å². The molecule has 2 heterocycles. The highest BCUT2D eigenvalue weighted by Crippen LogP contribution is 2.35. The van der Waals surface area contributed by atoms with Crippen LogP contribution in [0, 0.1) is 5.82 Å². The minimum absolute atomic E-state index is 0.0532. The normalized spacial score (nSPS) is 18.2. The van der Waals surface area contributed by atoms with Gasteiger partial charge in [-0.05, 0) is 53.1 Å². The maximum atomic E-state index is 13.5. The lowest BCUT2D eigenvalue weighted by Crippen LogP contribution is -2.30. The van der Waals surface area contributed by atoms with Crippen LogP contribution in [0.25, 0.3) is 5.57 Å². The van der Waals surface area contributed by atoms with Crippen molar-refractivity contribution in [2.45, 2.75) is 18.7 Å². The largest absolute Gasteiger partial charge is 0.367 e. The Morgan fingerprint density at radius 3 is 2.58 bits per heavy atom. The summed E-state index contributed by atoms with van der Waals surface area (Å²) in [5.74, 6) is -0.322. The highest BCUT2D eigenvalue weighted by atomic mass is 32.2. The Morgan fingerprint density at radius 1 is 1.16 bits per heavy atom. The number of carbonyl (C=O) groups excluding carboxylic acids is 1. The van der Waals surface area contributed by atoms with Gasteiger partial charge in [-0.3, -0.25) is 4.99 Å². The summed E-state index contributed by atoms with van der Waals surface area (Å²) >= 11 is 0. The molecule has 160 valence electrons. The molecule has 0 saturated heterocycles. The Labute approximate surface area is 181 Å². The number of benzene rings is 2. The van der Waals surface area contributed by atoms with E-state index < -0.39 is 9.84 Å². The highest BCUT2D eigenvalue weighted by Gasteiger charge is 2.26. The van der Waals surface area contributed by atoms with Gasteiger partial charge in [0, 0.05) is 35.7 Å². The summed E-state index contributed by atoms with van der Waals surface area (Å²) < 4.78 is 37.9. The van der Waals surface area contributed by atoms with Crippen LogP contribution in [0.3, 0.4) is 0 Å². The minimum Gasteiger partial charge on any atom is -0.367 e. The number of carbonyl (C=O) groups is 1. The van der Waals surface area contributed by atoms with Crippen molar-refractivity contribution in [3.8, 4) is 0 Å². The van der Waals surface area contributed by atoms with Crippen molar-refractivity contribution in [1.82, 2.24) is 4.90 Å². The van der Waals surface area contributed by atoms with Gasteiger partial charge in [-0.2, -0.15) is 0 Å².